The van der Waals surface area contributed by atoms with Crippen LogP contribution < -0.4 is 5.73 Å². The molecule has 0 saturated carbocycles. The average molecular weight is 247 g/mol. The summed E-state index contributed by atoms with van der Waals surface area (Å²) in [6.45, 7) is 0. The molecule has 1 nitrogen and oxygen atoms in total. The summed E-state index contributed by atoms with van der Waals surface area (Å²) < 4.78 is 1.03. The first-order chi connectivity index (χ1) is 6.77. The van der Waals surface area contributed by atoms with Crippen molar-refractivity contribution in [1.82, 2.24) is 0 Å². The van der Waals surface area contributed by atoms with E-state index in [9.17, 15) is 0 Å². The van der Waals surface area contributed by atoms with Gasteiger partial charge >= 0.3 is 0 Å². The molecule has 0 atom stereocenters. The zero-order chi connectivity index (χ0) is 9.97. The highest BCUT2D eigenvalue weighted by atomic mass is 79.9. The molecule has 0 heterocycles. The van der Waals surface area contributed by atoms with Crippen molar-refractivity contribution in [2.75, 3.05) is 5.73 Å². The van der Waals surface area contributed by atoms with Crippen LogP contribution in [0.25, 0.3) is 11.1 Å². The van der Waals surface area contributed by atoms with Crippen molar-refractivity contribution in [3.63, 3.8) is 0 Å². The van der Waals surface area contributed by atoms with Gasteiger partial charge in [-0.25, -0.2) is 0 Å². The van der Waals surface area contributed by atoms with E-state index in [1.54, 1.807) is 0 Å². The van der Waals surface area contributed by atoms with Crippen molar-refractivity contribution in [3.05, 3.63) is 53.0 Å². The molecule has 0 bridgehead atoms. The maximum Gasteiger partial charge on any atom is 0.0394 e. The number of anilines is 1. The predicted octanol–water partition coefficient (Wildman–Crippen LogP) is 3.50. The molecule has 0 spiro atoms. The molecule has 14 heavy (non-hydrogen) atoms. The lowest BCUT2D eigenvalue weighted by Crippen LogP contribution is -1.89. The summed E-state index contributed by atoms with van der Waals surface area (Å²) in [5, 5.41) is 0. The van der Waals surface area contributed by atoms with Crippen LogP contribution in [0.1, 0.15) is 0 Å². The molecule has 0 amide bonds. The van der Waals surface area contributed by atoms with Gasteiger partial charge in [-0.15, -0.1) is 0 Å². The lowest BCUT2D eigenvalue weighted by Gasteiger charge is -2.05. The van der Waals surface area contributed by atoms with E-state index in [-0.39, 0.29) is 0 Å². The highest BCUT2D eigenvalue weighted by Crippen LogP contribution is 2.28. The molecule has 69 valence electrons. The number of halogens is 1. The molecule has 0 fully saturated rings. The van der Waals surface area contributed by atoms with E-state index in [0.717, 1.165) is 21.3 Å². The molecular formula is C12H9BrN. The molecule has 0 aliphatic heterocycles. The fourth-order valence-corrected chi connectivity index (χ4v) is 1.68. The standard InChI is InChI=1S/C12H9BrN/c13-10-6-7-12(14)11(8-10)9-4-2-1-3-5-9/h1-4,6-8H,14H2. The molecule has 2 rings (SSSR count). The molecule has 0 aromatic heterocycles. The summed E-state index contributed by atoms with van der Waals surface area (Å²) in [6, 6.07) is 16.8. The van der Waals surface area contributed by atoms with Gasteiger partial charge in [0.1, 0.15) is 0 Å². The van der Waals surface area contributed by atoms with Gasteiger partial charge in [-0.3, -0.25) is 0 Å². The first kappa shape index (κ1) is 9.28. The maximum absolute atomic E-state index is 5.88. The molecule has 0 aliphatic rings. The second-order valence-electron chi connectivity index (χ2n) is 3.01. The number of rotatable bonds is 1. The SMILES string of the molecule is Nc1ccc(Br)cc1-c1[c]cccc1. The summed E-state index contributed by atoms with van der Waals surface area (Å²) >= 11 is 3.42. The molecule has 2 heteroatoms. The average Bonchev–Trinajstić information content (AvgIpc) is 2.23. The molecule has 0 aliphatic carbocycles. The van der Waals surface area contributed by atoms with E-state index in [1.165, 1.54) is 0 Å². The van der Waals surface area contributed by atoms with Crippen LogP contribution in [-0.2, 0) is 0 Å². The predicted molar refractivity (Wildman–Crippen MR) is 62.8 cm³/mol. The zero-order valence-corrected chi connectivity index (χ0v) is 9.08. The Morgan fingerprint density at radius 1 is 1.14 bits per heavy atom. The Morgan fingerprint density at radius 3 is 2.71 bits per heavy atom. The normalized spacial score (nSPS) is 10.1. The van der Waals surface area contributed by atoms with Crippen molar-refractivity contribution in [2.45, 2.75) is 0 Å². The van der Waals surface area contributed by atoms with Crippen LogP contribution in [0.5, 0.6) is 0 Å². The third-order valence-corrected chi connectivity index (χ3v) is 2.51. The van der Waals surface area contributed by atoms with E-state index in [0.29, 0.717) is 0 Å². The zero-order valence-electron chi connectivity index (χ0n) is 7.50. The van der Waals surface area contributed by atoms with E-state index < -0.39 is 0 Å². The summed E-state index contributed by atoms with van der Waals surface area (Å²) in [5.74, 6) is 0. The quantitative estimate of drug-likeness (QED) is 0.767. The van der Waals surface area contributed by atoms with Crippen molar-refractivity contribution < 1.29 is 0 Å². The van der Waals surface area contributed by atoms with Crippen molar-refractivity contribution >= 4 is 21.6 Å². The smallest absolute Gasteiger partial charge is 0.0394 e. The highest BCUT2D eigenvalue weighted by Gasteiger charge is 2.02. The Labute approximate surface area is 91.7 Å². The summed E-state index contributed by atoms with van der Waals surface area (Å²) in [4.78, 5) is 0. The Kier molecular flexibility index (Phi) is 2.55. The number of benzene rings is 2. The number of nitrogen functional groups attached to an aromatic ring is 1. The van der Waals surface area contributed by atoms with Crippen LogP contribution in [0.3, 0.4) is 0 Å². The Morgan fingerprint density at radius 2 is 2.00 bits per heavy atom. The van der Waals surface area contributed by atoms with E-state index >= 15 is 0 Å². The lowest BCUT2D eigenvalue weighted by atomic mass is 10.0. The minimum absolute atomic E-state index is 0.774. The van der Waals surface area contributed by atoms with Gasteiger partial charge in [0, 0.05) is 15.7 Å². The third kappa shape index (κ3) is 1.80. The van der Waals surface area contributed by atoms with Gasteiger partial charge in [0.2, 0.25) is 0 Å². The van der Waals surface area contributed by atoms with E-state index in [2.05, 4.69) is 22.0 Å². The lowest BCUT2D eigenvalue weighted by molar-refractivity contribution is 1.58. The number of hydrogen-bond acceptors (Lipinski definition) is 1. The van der Waals surface area contributed by atoms with Crippen molar-refractivity contribution in [3.8, 4) is 11.1 Å². The molecule has 2 aromatic carbocycles. The minimum atomic E-state index is 0.774. The Balaban J connectivity index is 2.57. The fraction of sp³-hybridized carbons (Fsp3) is 0. The van der Waals surface area contributed by atoms with E-state index in [4.69, 9.17) is 5.73 Å². The van der Waals surface area contributed by atoms with E-state index in [1.807, 2.05) is 42.5 Å². The Hall–Kier alpha value is -1.28. The van der Waals surface area contributed by atoms with Crippen molar-refractivity contribution in [2.24, 2.45) is 0 Å². The van der Waals surface area contributed by atoms with Gasteiger partial charge in [0.25, 0.3) is 0 Å². The summed E-state index contributed by atoms with van der Waals surface area (Å²) in [7, 11) is 0. The van der Waals surface area contributed by atoms with Crippen LogP contribution in [0.15, 0.2) is 46.9 Å². The Bertz CT molecular complexity index is 437. The van der Waals surface area contributed by atoms with Gasteiger partial charge in [-0.05, 0) is 29.8 Å². The van der Waals surface area contributed by atoms with Crippen LogP contribution in [0.4, 0.5) is 5.69 Å². The van der Waals surface area contributed by atoms with Gasteiger partial charge in [-0.1, -0.05) is 40.2 Å². The molecule has 2 N–H and O–H groups in total. The molecular weight excluding hydrogens is 238 g/mol. The maximum atomic E-state index is 5.88. The topological polar surface area (TPSA) is 26.0 Å². The third-order valence-electron chi connectivity index (χ3n) is 2.01. The molecule has 1 radical (unpaired) electrons. The number of hydrogen-bond donors (Lipinski definition) is 1. The van der Waals surface area contributed by atoms with Crippen LogP contribution in [0.2, 0.25) is 0 Å². The second kappa shape index (κ2) is 3.84. The summed E-state index contributed by atoms with van der Waals surface area (Å²) in [5.41, 5.74) is 8.69. The highest BCUT2D eigenvalue weighted by molar-refractivity contribution is 9.10. The molecule has 0 saturated heterocycles. The first-order valence-corrected chi connectivity index (χ1v) is 5.09. The molecule has 0 unspecified atom stereocenters. The van der Waals surface area contributed by atoms with Crippen LogP contribution in [-0.4, -0.2) is 0 Å². The van der Waals surface area contributed by atoms with Gasteiger partial charge in [-0.2, -0.15) is 0 Å². The van der Waals surface area contributed by atoms with Crippen molar-refractivity contribution in [1.29, 1.82) is 0 Å². The van der Waals surface area contributed by atoms with Gasteiger partial charge < -0.3 is 5.73 Å². The summed E-state index contributed by atoms with van der Waals surface area (Å²) in [6.07, 6.45) is 0. The van der Waals surface area contributed by atoms with Gasteiger partial charge in [0.15, 0.2) is 0 Å². The van der Waals surface area contributed by atoms with Gasteiger partial charge in [0.05, 0.1) is 0 Å². The molecule has 2 aromatic rings. The first-order valence-electron chi connectivity index (χ1n) is 4.29. The second-order valence-corrected chi connectivity index (χ2v) is 3.92. The largest absolute Gasteiger partial charge is 0.398 e. The minimum Gasteiger partial charge on any atom is -0.398 e. The van der Waals surface area contributed by atoms with Crippen LogP contribution in [0, 0.1) is 6.07 Å². The monoisotopic (exact) mass is 246 g/mol. The van der Waals surface area contributed by atoms with Crippen LogP contribution >= 0.6 is 15.9 Å². The fourth-order valence-electron chi connectivity index (χ4n) is 1.32. The number of nitrogens with two attached hydrogens (primary N) is 1.